The fraction of sp³-hybridized carbons (Fsp3) is 0.900. The van der Waals surface area contributed by atoms with Crippen LogP contribution in [0.15, 0.2) is 0 Å². The Labute approximate surface area is 142 Å². The first-order chi connectivity index (χ1) is 11.1. The van der Waals surface area contributed by atoms with Crippen LogP contribution in [-0.4, -0.2) is 29.2 Å². The van der Waals surface area contributed by atoms with Gasteiger partial charge >= 0.3 is 0 Å². The largest absolute Gasteiger partial charge is 0.332 e. The molecule has 3 heteroatoms. The van der Waals surface area contributed by atoms with Crippen LogP contribution < -0.4 is 0 Å². The SMILES string of the molecule is CC(C)C1CC2C(=O)CCCCCCCCCCCC(=O)N2C1. The average molecular weight is 322 g/mol. The summed E-state index contributed by atoms with van der Waals surface area (Å²) >= 11 is 0. The van der Waals surface area contributed by atoms with E-state index in [-0.39, 0.29) is 11.9 Å². The van der Waals surface area contributed by atoms with Crippen LogP contribution in [0, 0.1) is 11.8 Å². The number of carbonyl (C=O) groups is 2. The Hall–Kier alpha value is -0.860. The number of Topliss-reactive ketones (excluding diaryl/α,β-unsaturated/α-hetero) is 1. The van der Waals surface area contributed by atoms with Crippen molar-refractivity contribution in [2.24, 2.45) is 11.8 Å². The molecule has 2 aliphatic rings. The minimum atomic E-state index is -0.125. The van der Waals surface area contributed by atoms with Gasteiger partial charge in [0.05, 0.1) is 6.04 Å². The van der Waals surface area contributed by atoms with Gasteiger partial charge in [-0.2, -0.15) is 0 Å². The highest BCUT2D eigenvalue weighted by molar-refractivity contribution is 5.89. The van der Waals surface area contributed by atoms with Crippen molar-refractivity contribution in [2.75, 3.05) is 6.54 Å². The van der Waals surface area contributed by atoms with Gasteiger partial charge in [0, 0.05) is 19.4 Å². The number of ketones is 1. The van der Waals surface area contributed by atoms with Gasteiger partial charge in [0.15, 0.2) is 5.78 Å². The highest BCUT2D eigenvalue weighted by Crippen LogP contribution is 2.31. The minimum absolute atomic E-state index is 0.125. The molecule has 3 nitrogen and oxygen atoms in total. The van der Waals surface area contributed by atoms with Gasteiger partial charge in [-0.25, -0.2) is 0 Å². The van der Waals surface area contributed by atoms with Crippen LogP contribution in [-0.2, 0) is 9.59 Å². The Kier molecular flexibility index (Phi) is 7.58. The molecule has 2 aliphatic heterocycles. The van der Waals surface area contributed by atoms with Gasteiger partial charge < -0.3 is 4.90 Å². The zero-order valence-electron chi connectivity index (χ0n) is 15.2. The maximum atomic E-state index is 12.7. The molecule has 2 saturated heterocycles. The second-order valence-electron chi connectivity index (χ2n) is 7.95. The maximum Gasteiger partial charge on any atom is 0.223 e. The molecule has 0 saturated carbocycles. The number of rotatable bonds is 1. The van der Waals surface area contributed by atoms with Gasteiger partial charge in [-0.3, -0.25) is 9.59 Å². The molecule has 23 heavy (non-hydrogen) atoms. The van der Waals surface area contributed by atoms with E-state index in [1.807, 2.05) is 4.90 Å². The van der Waals surface area contributed by atoms with Crippen LogP contribution in [0.2, 0.25) is 0 Å². The molecular weight excluding hydrogens is 286 g/mol. The molecule has 2 fully saturated rings. The van der Waals surface area contributed by atoms with Crippen LogP contribution >= 0.6 is 0 Å². The van der Waals surface area contributed by atoms with Crippen molar-refractivity contribution in [2.45, 2.75) is 96.9 Å². The minimum Gasteiger partial charge on any atom is -0.332 e. The average Bonchev–Trinajstić information content (AvgIpc) is 2.97. The molecule has 2 rings (SSSR count). The van der Waals surface area contributed by atoms with Gasteiger partial charge in [-0.1, -0.05) is 58.8 Å². The Balaban J connectivity index is 2.00. The highest BCUT2D eigenvalue weighted by Gasteiger charge is 2.39. The summed E-state index contributed by atoms with van der Waals surface area (Å²) in [4.78, 5) is 27.2. The summed E-state index contributed by atoms with van der Waals surface area (Å²) < 4.78 is 0. The molecule has 0 N–H and O–H groups in total. The first-order valence-electron chi connectivity index (χ1n) is 9.91. The normalized spacial score (nSPS) is 29.3. The van der Waals surface area contributed by atoms with Gasteiger partial charge in [0.25, 0.3) is 0 Å². The number of carbonyl (C=O) groups excluding carboxylic acids is 2. The van der Waals surface area contributed by atoms with Crippen molar-refractivity contribution in [3.63, 3.8) is 0 Å². The zero-order chi connectivity index (χ0) is 16.7. The zero-order valence-corrected chi connectivity index (χ0v) is 15.2. The number of amides is 1. The molecule has 0 bridgehead atoms. The predicted molar refractivity (Wildman–Crippen MR) is 94.2 cm³/mol. The number of hydrogen-bond acceptors (Lipinski definition) is 2. The third kappa shape index (κ3) is 5.61. The topological polar surface area (TPSA) is 37.4 Å². The second kappa shape index (κ2) is 9.44. The molecule has 0 aliphatic carbocycles. The Bertz CT molecular complexity index is 359. The van der Waals surface area contributed by atoms with Gasteiger partial charge in [0.2, 0.25) is 5.91 Å². The molecule has 0 spiro atoms. The third-order valence-corrected chi connectivity index (χ3v) is 5.78. The summed E-state index contributed by atoms with van der Waals surface area (Å²) in [5.74, 6) is 1.58. The van der Waals surface area contributed by atoms with Gasteiger partial charge in [0.1, 0.15) is 0 Å². The summed E-state index contributed by atoms with van der Waals surface area (Å²) in [5, 5.41) is 0. The molecule has 2 heterocycles. The fourth-order valence-corrected chi connectivity index (χ4v) is 4.06. The monoisotopic (exact) mass is 321 g/mol. The van der Waals surface area contributed by atoms with E-state index in [9.17, 15) is 9.59 Å². The molecule has 1 amide bonds. The number of fused-ring (bicyclic) bond motifs is 1. The Morgan fingerprint density at radius 2 is 1.35 bits per heavy atom. The summed E-state index contributed by atoms with van der Waals surface area (Å²) in [6, 6.07) is -0.125. The summed E-state index contributed by atoms with van der Waals surface area (Å²) in [5.41, 5.74) is 0. The summed E-state index contributed by atoms with van der Waals surface area (Å²) in [6.07, 6.45) is 12.9. The molecule has 0 aromatic heterocycles. The van der Waals surface area contributed by atoms with Crippen LogP contribution in [0.1, 0.15) is 90.9 Å². The first kappa shape index (κ1) is 18.5. The molecule has 0 aromatic carbocycles. The van der Waals surface area contributed by atoms with Gasteiger partial charge in [-0.15, -0.1) is 0 Å². The predicted octanol–water partition coefficient (Wildman–Crippen LogP) is 4.73. The third-order valence-electron chi connectivity index (χ3n) is 5.78. The molecular formula is C20H35NO2. The fourth-order valence-electron chi connectivity index (χ4n) is 4.06. The van der Waals surface area contributed by atoms with Gasteiger partial charge in [-0.05, 0) is 31.1 Å². The molecule has 0 radical (unpaired) electrons. The van der Waals surface area contributed by atoms with Crippen LogP contribution in [0.4, 0.5) is 0 Å². The maximum absolute atomic E-state index is 12.7. The summed E-state index contributed by atoms with van der Waals surface area (Å²) in [7, 11) is 0. The second-order valence-corrected chi connectivity index (χ2v) is 7.95. The van der Waals surface area contributed by atoms with Crippen molar-refractivity contribution < 1.29 is 9.59 Å². The van der Waals surface area contributed by atoms with E-state index in [1.165, 1.54) is 38.5 Å². The van der Waals surface area contributed by atoms with E-state index in [4.69, 9.17) is 0 Å². The van der Waals surface area contributed by atoms with Crippen molar-refractivity contribution in [1.29, 1.82) is 0 Å². The van der Waals surface area contributed by atoms with Crippen LogP contribution in [0.5, 0.6) is 0 Å². The molecule has 0 aromatic rings. The van der Waals surface area contributed by atoms with E-state index in [0.717, 1.165) is 32.2 Å². The number of nitrogens with zero attached hydrogens (tertiary/aromatic N) is 1. The summed E-state index contributed by atoms with van der Waals surface area (Å²) in [6.45, 7) is 5.23. The molecule has 2 unspecified atom stereocenters. The lowest BCUT2D eigenvalue weighted by Crippen LogP contribution is -2.40. The smallest absolute Gasteiger partial charge is 0.223 e. The van der Waals surface area contributed by atoms with E-state index >= 15 is 0 Å². The number of hydrogen-bond donors (Lipinski definition) is 0. The lowest BCUT2D eigenvalue weighted by atomic mass is 9.91. The van der Waals surface area contributed by atoms with E-state index in [2.05, 4.69) is 13.8 Å². The standard InChI is InChI=1S/C20H35NO2/c1-16(2)17-14-18-19(22)12-10-8-6-4-3-5-7-9-11-13-20(23)21(18)15-17/h16-18H,3-15H2,1-2H3. The van der Waals surface area contributed by atoms with E-state index in [1.54, 1.807) is 0 Å². The lowest BCUT2D eigenvalue weighted by molar-refractivity contribution is -0.137. The van der Waals surface area contributed by atoms with Crippen LogP contribution in [0.25, 0.3) is 0 Å². The molecule has 132 valence electrons. The highest BCUT2D eigenvalue weighted by atomic mass is 16.2. The lowest BCUT2D eigenvalue weighted by Gasteiger charge is -2.24. The van der Waals surface area contributed by atoms with E-state index in [0.29, 0.717) is 30.5 Å². The van der Waals surface area contributed by atoms with E-state index < -0.39 is 0 Å². The van der Waals surface area contributed by atoms with Crippen molar-refractivity contribution in [1.82, 2.24) is 4.90 Å². The van der Waals surface area contributed by atoms with Crippen molar-refractivity contribution in [3.05, 3.63) is 0 Å². The first-order valence-corrected chi connectivity index (χ1v) is 9.91. The Morgan fingerprint density at radius 1 is 0.826 bits per heavy atom. The quantitative estimate of drug-likeness (QED) is 0.700. The van der Waals surface area contributed by atoms with Crippen LogP contribution in [0.3, 0.4) is 0 Å². The molecule has 2 atom stereocenters. The van der Waals surface area contributed by atoms with Crippen molar-refractivity contribution in [3.8, 4) is 0 Å². The van der Waals surface area contributed by atoms with Crippen molar-refractivity contribution >= 4 is 11.7 Å². The Morgan fingerprint density at radius 3 is 1.91 bits per heavy atom.